The van der Waals surface area contributed by atoms with Crippen LogP contribution in [0.25, 0.3) is 0 Å². The zero-order valence-corrected chi connectivity index (χ0v) is 12.6. The molecule has 0 aromatic heterocycles. The SMILES string of the molecule is CCCNCCS(=O)(=O)Nc1ccc(OCC)c(F)c1. The quantitative estimate of drug-likeness (QED) is 0.684. The van der Waals surface area contributed by atoms with Gasteiger partial charge in [0.2, 0.25) is 10.0 Å². The molecule has 7 heteroatoms. The molecule has 0 saturated carbocycles. The lowest BCUT2D eigenvalue weighted by molar-refractivity contribution is 0.321. The lowest BCUT2D eigenvalue weighted by Gasteiger charge is -2.10. The minimum absolute atomic E-state index is 0.0537. The molecule has 0 atom stereocenters. The highest BCUT2D eigenvalue weighted by molar-refractivity contribution is 7.92. The van der Waals surface area contributed by atoms with E-state index >= 15 is 0 Å². The molecule has 0 saturated heterocycles. The molecule has 0 radical (unpaired) electrons. The number of hydrogen-bond acceptors (Lipinski definition) is 4. The molecule has 2 N–H and O–H groups in total. The molecule has 5 nitrogen and oxygen atoms in total. The molecule has 0 unspecified atom stereocenters. The molecule has 1 aromatic carbocycles. The molecule has 0 heterocycles. The van der Waals surface area contributed by atoms with Gasteiger partial charge in [-0.2, -0.15) is 0 Å². The van der Waals surface area contributed by atoms with Crippen molar-refractivity contribution in [1.29, 1.82) is 0 Å². The maximum Gasteiger partial charge on any atom is 0.233 e. The van der Waals surface area contributed by atoms with Crippen LogP contribution in [0.15, 0.2) is 18.2 Å². The van der Waals surface area contributed by atoms with E-state index < -0.39 is 15.8 Å². The van der Waals surface area contributed by atoms with E-state index in [-0.39, 0.29) is 17.2 Å². The van der Waals surface area contributed by atoms with Crippen LogP contribution in [-0.2, 0) is 10.0 Å². The predicted molar refractivity (Wildman–Crippen MR) is 78.1 cm³/mol. The second-order valence-electron chi connectivity index (χ2n) is 4.25. The highest BCUT2D eigenvalue weighted by Gasteiger charge is 2.12. The summed E-state index contributed by atoms with van der Waals surface area (Å²) in [4.78, 5) is 0. The molecule has 114 valence electrons. The van der Waals surface area contributed by atoms with Gasteiger partial charge in [0.05, 0.1) is 18.0 Å². The Morgan fingerprint density at radius 2 is 2.00 bits per heavy atom. The smallest absolute Gasteiger partial charge is 0.233 e. The molecule has 0 aliphatic heterocycles. The van der Waals surface area contributed by atoms with Gasteiger partial charge >= 0.3 is 0 Å². The molecule has 0 fully saturated rings. The van der Waals surface area contributed by atoms with Crippen LogP contribution in [0.4, 0.5) is 10.1 Å². The first-order chi connectivity index (χ1) is 9.48. The highest BCUT2D eigenvalue weighted by atomic mass is 32.2. The number of benzene rings is 1. The standard InChI is InChI=1S/C13H21FN2O3S/c1-3-7-15-8-9-20(17,18)16-11-5-6-13(19-4-2)12(14)10-11/h5-6,10,15-16H,3-4,7-9H2,1-2H3. The molecule has 0 aliphatic rings. The van der Waals surface area contributed by atoms with Gasteiger partial charge in [0.15, 0.2) is 11.6 Å². The lowest BCUT2D eigenvalue weighted by atomic mass is 10.3. The first kappa shape index (κ1) is 16.7. The average molecular weight is 304 g/mol. The topological polar surface area (TPSA) is 67.4 Å². The largest absolute Gasteiger partial charge is 0.491 e. The fraction of sp³-hybridized carbons (Fsp3) is 0.538. The van der Waals surface area contributed by atoms with E-state index in [0.29, 0.717) is 13.2 Å². The third kappa shape index (κ3) is 5.75. The second kappa shape index (κ2) is 8.06. The lowest BCUT2D eigenvalue weighted by Crippen LogP contribution is -2.27. The van der Waals surface area contributed by atoms with Crippen molar-refractivity contribution in [1.82, 2.24) is 5.32 Å². The summed E-state index contributed by atoms with van der Waals surface area (Å²) in [5.74, 6) is -0.529. The van der Waals surface area contributed by atoms with E-state index in [4.69, 9.17) is 4.74 Å². The molecular formula is C13H21FN2O3S. The Labute approximate surface area is 119 Å². The molecule has 1 rings (SSSR count). The van der Waals surface area contributed by atoms with Gasteiger partial charge in [0, 0.05) is 12.6 Å². The van der Waals surface area contributed by atoms with Crippen LogP contribution >= 0.6 is 0 Å². The summed E-state index contributed by atoms with van der Waals surface area (Å²) in [5, 5.41) is 3.00. The predicted octanol–water partition coefficient (Wildman–Crippen LogP) is 1.97. The third-order valence-corrected chi connectivity index (χ3v) is 3.77. The summed E-state index contributed by atoms with van der Waals surface area (Å²) in [5.41, 5.74) is 0.196. The van der Waals surface area contributed by atoms with E-state index in [0.717, 1.165) is 19.0 Å². The number of rotatable bonds is 9. The fourth-order valence-electron chi connectivity index (χ4n) is 1.58. The van der Waals surface area contributed by atoms with Gasteiger partial charge < -0.3 is 10.1 Å². The van der Waals surface area contributed by atoms with E-state index in [1.165, 1.54) is 12.1 Å². The Balaban J connectivity index is 2.61. The molecule has 20 heavy (non-hydrogen) atoms. The first-order valence-corrected chi connectivity index (χ1v) is 8.27. The molecule has 1 aromatic rings. The maximum absolute atomic E-state index is 13.6. The van der Waals surface area contributed by atoms with Gasteiger partial charge in [0.25, 0.3) is 0 Å². The van der Waals surface area contributed by atoms with Gasteiger partial charge in [-0.25, -0.2) is 12.8 Å². The van der Waals surface area contributed by atoms with Crippen molar-refractivity contribution in [2.24, 2.45) is 0 Å². The van der Waals surface area contributed by atoms with Crippen LogP contribution in [-0.4, -0.2) is 33.9 Å². The van der Waals surface area contributed by atoms with Crippen molar-refractivity contribution in [3.05, 3.63) is 24.0 Å². The van der Waals surface area contributed by atoms with Crippen molar-refractivity contribution in [2.45, 2.75) is 20.3 Å². The summed E-state index contributed by atoms with van der Waals surface area (Å²) in [6.07, 6.45) is 0.942. The van der Waals surface area contributed by atoms with Crippen molar-refractivity contribution in [3.63, 3.8) is 0 Å². The minimum atomic E-state index is -3.48. The zero-order chi connectivity index (χ0) is 15.0. The number of hydrogen-bond donors (Lipinski definition) is 2. The Morgan fingerprint density at radius 3 is 2.60 bits per heavy atom. The van der Waals surface area contributed by atoms with Crippen LogP contribution < -0.4 is 14.8 Å². The Hall–Kier alpha value is -1.34. The summed E-state index contributed by atoms with van der Waals surface area (Å²) in [6.45, 7) is 5.24. The summed E-state index contributed by atoms with van der Waals surface area (Å²) >= 11 is 0. The Kier molecular flexibility index (Phi) is 6.74. The average Bonchev–Trinajstić information content (AvgIpc) is 2.38. The maximum atomic E-state index is 13.6. The molecule has 0 bridgehead atoms. The summed E-state index contributed by atoms with van der Waals surface area (Å²) in [7, 11) is -3.48. The molecule has 0 spiro atoms. The van der Waals surface area contributed by atoms with Gasteiger partial charge in [-0.1, -0.05) is 6.92 Å². The van der Waals surface area contributed by atoms with Crippen LogP contribution in [0, 0.1) is 5.82 Å². The van der Waals surface area contributed by atoms with Crippen LogP contribution in [0.2, 0.25) is 0 Å². The van der Waals surface area contributed by atoms with E-state index in [1.54, 1.807) is 6.92 Å². The molecular weight excluding hydrogens is 283 g/mol. The van der Waals surface area contributed by atoms with Gasteiger partial charge in [-0.05, 0) is 32.0 Å². The number of halogens is 1. The van der Waals surface area contributed by atoms with E-state index in [1.807, 2.05) is 6.92 Å². The number of anilines is 1. The highest BCUT2D eigenvalue weighted by Crippen LogP contribution is 2.21. The number of nitrogens with one attached hydrogen (secondary N) is 2. The van der Waals surface area contributed by atoms with Crippen molar-refractivity contribution in [3.8, 4) is 5.75 Å². The zero-order valence-electron chi connectivity index (χ0n) is 11.8. The van der Waals surface area contributed by atoms with Gasteiger partial charge in [-0.3, -0.25) is 4.72 Å². The van der Waals surface area contributed by atoms with Crippen molar-refractivity contribution >= 4 is 15.7 Å². The van der Waals surface area contributed by atoms with Crippen molar-refractivity contribution in [2.75, 3.05) is 30.2 Å². The van der Waals surface area contributed by atoms with Gasteiger partial charge in [0.1, 0.15) is 0 Å². The second-order valence-corrected chi connectivity index (χ2v) is 6.09. The van der Waals surface area contributed by atoms with Crippen molar-refractivity contribution < 1.29 is 17.5 Å². The summed E-state index contributed by atoms with van der Waals surface area (Å²) < 4.78 is 44.5. The fourth-order valence-corrected chi connectivity index (χ4v) is 2.58. The van der Waals surface area contributed by atoms with E-state index in [2.05, 4.69) is 10.0 Å². The summed E-state index contributed by atoms with van der Waals surface area (Å²) in [6, 6.07) is 4.00. The van der Waals surface area contributed by atoms with Crippen LogP contribution in [0.3, 0.4) is 0 Å². The monoisotopic (exact) mass is 304 g/mol. The third-order valence-electron chi connectivity index (χ3n) is 2.48. The van der Waals surface area contributed by atoms with Crippen LogP contribution in [0.5, 0.6) is 5.75 Å². The number of ether oxygens (including phenoxy) is 1. The molecule has 0 amide bonds. The molecule has 0 aliphatic carbocycles. The minimum Gasteiger partial charge on any atom is -0.491 e. The van der Waals surface area contributed by atoms with E-state index in [9.17, 15) is 12.8 Å². The number of sulfonamides is 1. The normalized spacial score (nSPS) is 11.3. The van der Waals surface area contributed by atoms with Gasteiger partial charge in [-0.15, -0.1) is 0 Å². The first-order valence-electron chi connectivity index (χ1n) is 6.62. The Morgan fingerprint density at radius 1 is 1.25 bits per heavy atom. The van der Waals surface area contributed by atoms with Crippen LogP contribution in [0.1, 0.15) is 20.3 Å². The Bertz CT molecular complexity index is 520.